The van der Waals surface area contributed by atoms with Gasteiger partial charge in [-0.15, -0.1) is 0 Å². The third-order valence-corrected chi connectivity index (χ3v) is 3.90. The van der Waals surface area contributed by atoms with Gasteiger partial charge in [0.25, 0.3) is 0 Å². The summed E-state index contributed by atoms with van der Waals surface area (Å²) >= 11 is 0. The van der Waals surface area contributed by atoms with E-state index >= 15 is 0 Å². The first-order valence-electron chi connectivity index (χ1n) is 6.07. The highest BCUT2D eigenvalue weighted by Gasteiger charge is 2.17. The highest BCUT2D eigenvalue weighted by atomic mass is 32.2. The smallest absolute Gasteiger partial charge is 0.356 e. The predicted octanol–water partition coefficient (Wildman–Crippen LogP) is 1.16. The lowest BCUT2D eigenvalue weighted by Gasteiger charge is -2.09. The minimum Gasteiger partial charge on any atom is -0.476 e. The molecule has 2 heterocycles. The van der Waals surface area contributed by atoms with Crippen molar-refractivity contribution in [1.29, 1.82) is 0 Å². The summed E-state index contributed by atoms with van der Waals surface area (Å²) in [6.45, 7) is 0. The summed E-state index contributed by atoms with van der Waals surface area (Å²) in [7, 11) is -3.68. The van der Waals surface area contributed by atoms with Crippen LogP contribution in [0.2, 0.25) is 0 Å². The Balaban J connectivity index is 2.10. The van der Waals surface area contributed by atoms with Gasteiger partial charge < -0.3 is 5.11 Å². The Morgan fingerprint density at radius 1 is 1.14 bits per heavy atom. The minimum atomic E-state index is -3.68. The van der Waals surface area contributed by atoms with Crippen LogP contribution >= 0.6 is 0 Å². The van der Waals surface area contributed by atoms with Crippen LogP contribution in [0.5, 0.6) is 0 Å². The lowest BCUT2D eigenvalue weighted by Crippen LogP contribution is -2.20. The fourth-order valence-corrected chi connectivity index (χ4v) is 2.74. The van der Waals surface area contributed by atoms with Gasteiger partial charge >= 0.3 is 5.97 Å². The number of aromatic carboxylic acids is 1. The zero-order valence-electron chi connectivity index (χ0n) is 10.9. The van der Waals surface area contributed by atoms with Gasteiger partial charge in [-0.05, 0) is 24.3 Å². The van der Waals surface area contributed by atoms with Gasteiger partial charge in [0, 0.05) is 24.5 Å². The topological polar surface area (TPSA) is 109 Å². The van der Waals surface area contributed by atoms with Crippen molar-refractivity contribution >= 4 is 21.7 Å². The van der Waals surface area contributed by atoms with Crippen LogP contribution in [0, 0.1) is 0 Å². The molecule has 0 amide bonds. The Bertz CT molecular complexity index is 732. The number of nitrogens with one attached hydrogen (secondary N) is 1. The Kier molecular flexibility index (Phi) is 4.49. The van der Waals surface area contributed by atoms with Gasteiger partial charge in [0.15, 0.2) is 5.69 Å². The van der Waals surface area contributed by atoms with Crippen molar-refractivity contribution in [2.75, 3.05) is 10.5 Å². The SMILES string of the molecule is O=C(O)c1ncccc1NS(=O)(=O)CCc1ccccn1. The fraction of sp³-hybridized carbons (Fsp3) is 0.154. The van der Waals surface area contributed by atoms with Crippen molar-refractivity contribution in [3.8, 4) is 0 Å². The molecule has 0 radical (unpaired) electrons. The van der Waals surface area contributed by atoms with E-state index in [4.69, 9.17) is 5.11 Å². The standard InChI is InChI=1S/C13H13N3O4S/c17-13(18)12-11(5-3-8-15-12)16-21(19,20)9-6-10-4-1-2-7-14-10/h1-5,7-8,16H,6,9H2,(H,17,18). The maximum Gasteiger partial charge on any atom is 0.356 e. The maximum absolute atomic E-state index is 12.0. The van der Waals surface area contributed by atoms with Crippen LogP contribution in [0.4, 0.5) is 5.69 Å². The summed E-state index contributed by atoms with van der Waals surface area (Å²) in [4.78, 5) is 18.7. The molecule has 110 valence electrons. The van der Waals surface area contributed by atoms with Crippen molar-refractivity contribution in [3.05, 3.63) is 54.1 Å². The van der Waals surface area contributed by atoms with Gasteiger partial charge in [0.05, 0.1) is 11.4 Å². The molecule has 2 aromatic heterocycles. The van der Waals surface area contributed by atoms with Crippen LogP contribution in [0.15, 0.2) is 42.7 Å². The molecule has 0 aliphatic heterocycles. The summed E-state index contributed by atoms with van der Waals surface area (Å²) in [5.41, 5.74) is 0.262. The van der Waals surface area contributed by atoms with Gasteiger partial charge in [-0.1, -0.05) is 6.07 Å². The Morgan fingerprint density at radius 3 is 2.57 bits per heavy atom. The lowest BCUT2D eigenvalue weighted by atomic mass is 10.3. The molecular formula is C13H13N3O4S. The van der Waals surface area contributed by atoms with Crippen molar-refractivity contribution in [2.24, 2.45) is 0 Å². The number of carbonyl (C=O) groups is 1. The lowest BCUT2D eigenvalue weighted by molar-refractivity contribution is 0.0692. The van der Waals surface area contributed by atoms with E-state index in [-0.39, 0.29) is 23.6 Å². The molecule has 7 nitrogen and oxygen atoms in total. The average Bonchev–Trinajstić information content (AvgIpc) is 2.46. The number of carboxylic acid groups (broad SMARTS) is 1. The zero-order valence-corrected chi connectivity index (χ0v) is 11.7. The third kappa shape index (κ3) is 4.25. The molecule has 0 aliphatic carbocycles. The Morgan fingerprint density at radius 2 is 1.90 bits per heavy atom. The number of anilines is 1. The van der Waals surface area contributed by atoms with Crippen LogP contribution in [0.25, 0.3) is 0 Å². The van der Waals surface area contributed by atoms with E-state index in [0.717, 1.165) is 0 Å². The number of carboxylic acids is 1. The number of hydrogen-bond acceptors (Lipinski definition) is 5. The Hall–Kier alpha value is -2.48. The van der Waals surface area contributed by atoms with Crippen molar-refractivity contribution in [3.63, 3.8) is 0 Å². The molecule has 0 fully saturated rings. The van der Waals surface area contributed by atoms with Gasteiger partial charge in [-0.3, -0.25) is 9.71 Å². The predicted molar refractivity (Wildman–Crippen MR) is 76.5 cm³/mol. The van der Waals surface area contributed by atoms with E-state index in [0.29, 0.717) is 5.69 Å². The third-order valence-electron chi connectivity index (χ3n) is 2.63. The molecule has 2 N–H and O–H groups in total. The van der Waals surface area contributed by atoms with E-state index in [9.17, 15) is 13.2 Å². The zero-order chi connectivity index (χ0) is 15.3. The number of pyridine rings is 2. The number of rotatable bonds is 6. The number of sulfonamides is 1. The molecule has 8 heteroatoms. The summed E-state index contributed by atoms with van der Waals surface area (Å²) in [6.07, 6.45) is 3.10. The molecule has 0 saturated heterocycles. The molecule has 0 spiro atoms. The van der Waals surface area contributed by atoms with Crippen LogP contribution in [-0.4, -0.2) is 35.2 Å². The number of nitrogens with zero attached hydrogens (tertiary/aromatic N) is 2. The first-order valence-corrected chi connectivity index (χ1v) is 7.72. The Labute approximate surface area is 121 Å². The summed E-state index contributed by atoms with van der Waals surface area (Å²) in [5.74, 6) is -1.49. The minimum absolute atomic E-state index is 0.0500. The van der Waals surface area contributed by atoms with E-state index in [1.54, 1.807) is 24.4 Å². The van der Waals surface area contributed by atoms with Gasteiger partial charge in [0.2, 0.25) is 10.0 Å². The quantitative estimate of drug-likeness (QED) is 0.828. The van der Waals surface area contributed by atoms with Gasteiger partial charge in [-0.25, -0.2) is 18.2 Å². The maximum atomic E-state index is 12.0. The summed E-state index contributed by atoms with van der Waals surface area (Å²) < 4.78 is 26.2. The van der Waals surface area contributed by atoms with E-state index in [1.807, 2.05) is 0 Å². The van der Waals surface area contributed by atoms with E-state index in [2.05, 4.69) is 14.7 Å². The molecule has 0 aromatic carbocycles. The summed E-state index contributed by atoms with van der Waals surface area (Å²) in [5, 5.41) is 8.96. The van der Waals surface area contributed by atoms with E-state index < -0.39 is 16.0 Å². The van der Waals surface area contributed by atoms with Crippen molar-refractivity contribution < 1.29 is 18.3 Å². The van der Waals surface area contributed by atoms with Crippen molar-refractivity contribution in [2.45, 2.75) is 6.42 Å². The normalized spacial score (nSPS) is 11.0. The van der Waals surface area contributed by atoms with Crippen LogP contribution < -0.4 is 4.72 Å². The molecule has 2 aromatic rings. The molecule has 2 rings (SSSR count). The fourth-order valence-electron chi connectivity index (χ4n) is 1.66. The van der Waals surface area contributed by atoms with E-state index in [1.165, 1.54) is 18.3 Å². The first kappa shape index (κ1) is 14.9. The average molecular weight is 307 g/mol. The monoisotopic (exact) mass is 307 g/mol. The molecule has 0 aliphatic rings. The number of aromatic nitrogens is 2. The number of aryl methyl sites for hydroxylation is 1. The largest absolute Gasteiger partial charge is 0.476 e. The molecular weight excluding hydrogens is 294 g/mol. The second kappa shape index (κ2) is 6.31. The number of hydrogen-bond donors (Lipinski definition) is 2. The summed E-state index contributed by atoms with van der Waals surface area (Å²) in [6, 6.07) is 8.05. The molecule has 0 saturated carbocycles. The second-order valence-electron chi connectivity index (χ2n) is 4.20. The van der Waals surface area contributed by atoms with Gasteiger partial charge in [0.1, 0.15) is 0 Å². The highest BCUT2D eigenvalue weighted by molar-refractivity contribution is 7.92. The van der Waals surface area contributed by atoms with Gasteiger partial charge in [-0.2, -0.15) is 0 Å². The van der Waals surface area contributed by atoms with Crippen molar-refractivity contribution in [1.82, 2.24) is 9.97 Å². The van der Waals surface area contributed by atoms with Crippen LogP contribution in [0.3, 0.4) is 0 Å². The second-order valence-corrected chi connectivity index (χ2v) is 6.04. The molecule has 0 unspecified atom stereocenters. The first-order chi connectivity index (χ1) is 9.98. The molecule has 0 atom stereocenters. The van der Waals surface area contributed by atoms with Crippen LogP contribution in [-0.2, 0) is 16.4 Å². The molecule has 21 heavy (non-hydrogen) atoms. The highest BCUT2D eigenvalue weighted by Crippen LogP contribution is 2.14. The van der Waals surface area contributed by atoms with Crippen LogP contribution in [0.1, 0.15) is 16.2 Å². The molecule has 0 bridgehead atoms.